The lowest BCUT2D eigenvalue weighted by Crippen LogP contribution is -2.37. The summed E-state index contributed by atoms with van der Waals surface area (Å²) in [6, 6.07) is 4.71. The number of benzene rings is 1. The summed E-state index contributed by atoms with van der Waals surface area (Å²) in [5.41, 5.74) is -1.26. The smallest absolute Gasteiger partial charge is 0.346 e. The Labute approximate surface area is 129 Å². The highest BCUT2D eigenvalue weighted by molar-refractivity contribution is 5.90. The number of aromatic amines is 2. The van der Waals surface area contributed by atoms with Crippen molar-refractivity contribution in [3.05, 3.63) is 51.7 Å². The molecule has 0 bridgehead atoms. The first kappa shape index (κ1) is 16.8. The number of aromatic nitrogens is 3. The zero-order chi connectivity index (χ0) is 17.0. The van der Waals surface area contributed by atoms with E-state index in [1.54, 1.807) is 6.92 Å². The van der Waals surface area contributed by atoms with Crippen molar-refractivity contribution in [3.63, 3.8) is 0 Å². The third-order valence-electron chi connectivity index (χ3n) is 3.33. The van der Waals surface area contributed by atoms with Crippen LogP contribution in [0.3, 0.4) is 0 Å². The van der Waals surface area contributed by atoms with Crippen LogP contribution in [0.1, 0.15) is 35.1 Å². The van der Waals surface area contributed by atoms with Crippen LogP contribution in [0.5, 0.6) is 0 Å². The number of H-pyrrole nitrogens is 2. The summed E-state index contributed by atoms with van der Waals surface area (Å²) in [7, 11) is 0. The second-order valence-electron chi connectivity index (χ2n) is 4.96. The van der Waals surface area contributed by atoms with Gasteiger partial charge in [-0.25, -0.2) is 9.89 Å². The number of carbonyl (C=O) groups excluding carboxylic acids is 1. The van der Waals surface area contributed by atoms with Crippen LogP contribution in [0.4, 0.5) is 13.2 Å². The van der Waals surface area contributed by atoms with Gasteiger partial charge in [0.1, 0.15) is 0 Å². The Balaban J connectivity index is 2.14. The first-order valence-corrected chi connectivity index (χ1v) is 6.92. The molecule has 0 fully saturated rings. The number of rotatable bonds is 5. The molecule has 0 radical (unpaired) electrons. The van der Waals surface area contributed by atoms with E-state index in [0.29, 0.717) is 6.42 Å². The van der Waals surface area contributed by atoms with Gasteiger partial charge in [0.15, 0.2) is 0 Å². The van der Waals surface area contributed by atoms with Gasteiger partial charge in [0, 0.05) is 6.04 Å². The zero-order valence-corrected chi connectivity index (χ0v) is 12.2. The van der Waals surface area contributed by atoms with Gasteiger partial charge in [-0.1, -0.05) is 25.1 Å². The molecule has 23 heavy (non-hydrogen) atoms. The number of halogens is 3. The number of nitrogens with one attached hydrogen (secondary N) is 3. The Bertz CT molecular complexity index is 736. The van der Waals surface area contributed by atoms with Crippen LogP contribution in [-0.4, -0.2) is 27.1 Å². The highest BCUT2D eigenvalue weighted by atomic mass is 19.4. The number of hydrogen-bond donors (Lipinski definition) is 3. The van der Waals surface area contributed by atoms with Crippen LogP contribution in [0.25, 0.3) is 0 Å². The molecule has 2 aromatic rings. The SMILES string of the molecule is CC[C@@H](Cc1ccccc1C(F)(F)F)NC(=O)c1n[nH]c(=O)[nH]1. The number of amides is 1. The maximum atomic E-state index is 13.0. The van der Waals surface area contributed by atoms with Crippen LogP contribution in [0.2, 0.25) is 0 Å². The van der Waals surface area contributed by atoms with Crippen LogP contribution < -0.4 is 11.0 Å². The van der Waals surface area contributed by atoms with Gasteiger partial charge in [0.05, 0.1) is 5.56 Å². The summed E-state index contributed by atoms with van der Waals surface area (Å²) in [5.74, 6) is -0.864. The minimum atomic E-state index is -4.45. The van der Waals surface area contributed by atoms with E-state index in [2.05, 4.69) is 15.4 Å². The maximum absolute atomic E-state index is 13.0. The molecule has 0 saturated heterocycles. The van der Waals surface area contributed by atoms with Crippen LogP contribution in [-0.2, 0) is 12.6 Å². The van der Waals surface area contributed by atoms with E-state index in [1.165, 1.54) is 18.2 Å². The Kier molecular flexibility index (Phi) is 4.87. The van der Waals surface area contributed by atoms with Gasteiger partial charge in [-0.3, -0.25) is 9.78 Å². The second-order valence-corrected chi connectivity index (χ2v) is 4.96. The van der Waals surface area contributed by atoms with Crippen molar-refractivity contribution >= 4 is 5.91 Å². The van der Waals surface area contributed by atoms with E-state index >= 15 is 0 Å². The topological polar surface area (TPSA) is 90.6 Å². The third-order valence-corrected chi connectivity index (χ3v) is 3.33. The van der Waals surface area contributed by atoms with Crippen molar-refractivity contribution < 1.29 is 18.0 Å². The molecule has 0 spiro atoms. The molecule has 0 aliphatic heterocycles. The van der Waals surface area contributed by atoms with Gasteiger partial charge < -0.3 is 5.32 Å². The molecule has 2 rings (SSSR count). The molecular formula is C14H15F3N4O2. The summed E-state index contributed by atoms with van der Waals surface area (Å²) >= 11 is 0. The molecule has 0 saturated carbocycles. The molecule has 124 valence electrons. The van der Waals surface area contributed by atoms with Crippen molar-refractivity contribution in [2.24, 2.45) is 0 Å². The predicted molar refractivity (Wildman–Crippen MR) is 75.9 cm³/mol. The summed E-state index contributed by atoms with van der Waals surface area (Å²) < 4.78 is 39.0. The molecule has 3 N–H and O–H groups in total. The normalized spacial score (nSPS) is 12.9. The molecule has 0 aliphatic rings. The largest absolute Gasteiger partial charge is 0.416 e. The quantitative estimate of drug-likeness (QED) is 0.782. The van der Waals surface area contributed by atoms with Crippen molar-refractivity contribution in [2.45, 2.75) is 32.0 Å². The van der Waals surface area contributed by atoms with Gasteiger partial charge in [-0.05, 0) is 24.5 Å². The molecule has 1 aromatic carbocycles. The number of nitrogens with zero attached hydrogens (tertiary/aromatic N) is 1. The van der Waals surface area contributed by atoms with E-state index in [-0.39, 0.29) is 17.8 Å². The fraction of sp³-hybridized carbons (Fsp3) is 0.357. The standard InChI is InChI=1S/C14H15F3N4O2/c1-2-9(18-12(22)11-19-13(23)21-20-11)7-8-5-3-4-6-10(8)14(15,16)17/h3-6,9H,2,7H2,1H3,(H,18,22)(H2,19,20,21,23)/t9-/m0/s1. The van der Waals surface area contributed by atoms with E-state index in [1.807, 2.05) is 5.10 Å². The minimum absolute atomic E-state index is 0.0204. The van der Waals surface area contributed by atoms with E-state index in [9.17, 15) is 22.8 Å². The lowest BCUT2D eigenvalue weighted by molar-refractivity contribution is -0.138. The van der Waals surface area contributed by atoms with Crippen molar-refractivity contribution in [2.75, 3.05) is 0 Å². The average molecular weight is 328 g/mol. The monoisotopic (exact) mass is 328 g/mol. The van der Waals surface area contributed by atoms with Gasteiger partial charge in [-0.2, -0.15) is 13.2 Å². The molecule has 1 atom stereocenters. The van der Waals surface area contributed by atoms with Crippen molar-refractivity contribution in [1.29, 1.82) is 0 Å². The Morgan fingerprint density at radius 1 is 1.35 bits per heavy atom. The van der Waals surface area contributed by atoms with Gasteiger partial charge in [0.25, 0.3) is 5.91 Å². The van der Waals surface area contributed by atoms with Crippen molar-refractivity contribution in [3.8, 4) is 0 Å². The van der Waals surface area contributed by atoms with E-state index < -0.39 is 29.4 Å². The van der Waals surface area contributed by atoms with Gasteiger partial charge >= 0.3 is 11.9 Å². The van der Waals surface area contributed by atoms with E-state index in [0.717, 1.165) is 6.07 Å². The third kappa shape index (κ3) is 4.21. The second kappa shape index (κ2) is 6.67. The lowest BCUT2D eigenvalue weighted by Gasteiger charge is -2.19. The molecule has 0 aliphatic carbocycles. The fourth-order valence-corrected chi connectivity index (χ4v) is 2.17. The number of alkyl halides is 3. The first-order chi connectivity index (χ1) is 10.8. The Morgan fingerprint density at radius 3 is 2.61 bits per heavy atom. The minimum Gasteiger partial charge on any atom is -0.346 e. The van der Waals surface area contributed by atoms with Gasteiger partial charge in [-0.15, -0.1) is 5.10 Å². The summed E-state index contributed by atoms with van der Waals surface area (Å²) in [6.45, 7) is 1.74. The first-order valence-electron chi connectivity index (χ1n) is 6.92. The molecule has 1 heterocycles. The lowest BCUT2D eigenvalue weighted by atomic mass is 9.98. The summed E-state index contributed by atoms with van der Waals surface area (Å²) in [6.07, 6.45) is -4.01. The highest BCUT2D eigenvalue weighted by Gasteiger charge is 2.33. The van der Waals surface area contributed by atoms with Crippen LogP contribution in [0.15, 0.2) is 29.1 Å². The van der Waals surface area contributed by atoms with Crippen molar-refractivity contribution in [1.82, 2.24) is 20.5 Å². The summed E-state index contributed by atoms with van der Waals surface area (Å²) in [5, 5.41) is 8.10. The Morgan fingerprint density at radius 2 is 2.04 bits per heavy atom. The molecular weight excluding hydrogens is 313 g/mol. The molecule has 0 unspecified atom stereocenters. The van der Waals surface area contributed by atoms with E-state index in [4.69, 9.17) is 0 Å². The fourth-order valence-electron chi connectivity index (χ4n) is 2.17. The molecule has 6 nitrogen and oxygen atoms in total. The predicted octanol–water partition coefficient (Wildman–Crippen LogP) is 1.87. The summed E-state index contributed by atoms with van der Waals surface area (Å²) in [4.78, 5) is 25.0. The molecule has 1 aromatic heterocycles. The maximum Gasteiger partial charge on any atom is 0.416 e. The highest BCUT2D eigenvalue weighted by Crippen LogP contribution is 2.32. The molecule has 1 amide bonds. The van der Waals surface area contributed by atoms with Crippen LogP contribution in [0, 0.1) is 0 Å². The molecule has 9 heteroatoms. The Hall–Kier alpha value is -2.58. The zero-order valence-electron chi connectivity index (χ0n) is 12.2. The van der Waals surface area contributed by atoms with Crippen LogP contribution >= 0.6 is 0 Å². The number of hydrogen-bond acceptors (Lipinski definition) is 3. The van der Waals surface area contributed by atoms with Gasteiger partial charge in [0.2, 0.25) is 5.82 Å². The average Bonchev–Trinajstić information content (AvgIpc) is 2.92. The number of carbonyl (C=O) groups is 1.